The predicted molar refractivity (Wildman–Crippen MR) is 73.4 cm³/mol. The summed E-state index contributed by atoms with van der Waals surface area (Å²) in [6.07, 6.45) is 4.22. The fraction of sp³-hybridized carbons (Fsp3) is 0.500. The van der Waals surface area contributed by atoms with Gasteiger partial charge in [0.15, 0.2) is 11.6 Å². The van der Waals surface area contributed by atoms with Crippen molar-refractivity contribution in [2.24, 2.45) is 0 Å². The van der Waals surface area contributed by atoms with Crippen LogP contribution in [-0.4, -0.2) is 28.7 Å². The summed E-state index contributed by atoms with van der Waals surface area (Å²) < 4.78 is 26.1. The van der Waals surface area contributed by atoms with Crippen LogP contribution in [0.25, 0.3) is 0 Å². The molecule has 104 valence electrons. The van der Waals surface area contributed by atoms with Crippen LogP contribution in [0, 0.1) is 11.6 Å². The summed E-state index contributed by atoms with van der Waals surface area (Å²) in [5.74, 6) is -2.12. The highest BCUT2D eigenvalue weighted by Crippen LogP contribution is 2.25. The van der Waals surface area contributed by atoms with Crippen LogP contribution >= 0.6 is 15.9 Å². The predicted octanol–water partition coefficient (Wildman–Crippen LogP) is 3.74. The number of hydrogen-bond donors (Lipinski definition) is 0. The molecule has 2 rings (SSSR count). The van der Waals surface area contributed by atoms with Gasteiger partial charge in [-0.25, -0.2) is 8.78 Å². The van der Waals surface area contributed by atoms with Gasteiger partial charge in [-0.1, -0.05) is 28.8 Å². The van der Waals surface area contributed by atoms with Gasteiger partial charge in [0.2, 0.25) is 0 Å². The van der Waals surface area contributed by atoms with E-state index in [0.717, 1.165) is 37.8 Å². The topological polar surface area (TPSA) is 20.3 Å². The Morgan fingerprint density at radius 3 is 2.53 bits per heavy atom. The van der Waals surface area contributed by atoms with Gasteiger partial charge in [-0.15, -0.1) is 0 Å². The first-order valence-corrected chi connectivity index (χ1v) is 7.57. The molecule has 1 aromatic carbocycles. The number of hydrogen-bond acceptors (Lipinski definition) is 1. The van der Waals surface area contributed by atoms with E-state index in [1.54, 1.807) is 4.90 Å². The minimum absolute atomic E-state index is 0.215. The van der Waals surface area contributed by atoms with Crippen LogP contribution in [0.15, 0.2) is 18.2 Å². The third kappa shape index (κ3) is 3.32. The first kappa shape index (κ1) is 14.4. The van der Waals surface area contributed by atoms with E-state index in [4.69, 9.17) is 0 Å². The lowest BCUT2D eigenvalue weighted by molar-refractivity contribution is 0.0695. The molecule has 19 heavy (non-hydrogen) atoms. The lowest BCUT2D eigenvalue weighted by Crippen LogP contribution is -2.40. The van der Waals surface area contributed by atoms with Gasteiger partial charge >= 0.3 is 0 Å². The lowest BCUT2D eigenvalue weighted by atomic mass is 10.1. The molecule has 2 nitrogen and oxygen atoms in total. The molecule has 5 heteroatoms. The van der Waals surface area contributed by atoms with Gasteiger partial charge in [0.25, 0.3) is 5.91 Å². The summed E-state index contributed by atoms with van der Waals surface area (Å²) >= 11 is 3.34. The number of halogens is 3. The van der Waals surface area contributed by atoms with E-state index < -0.39 is 11.6 Å². The molecule has 0 radical (unpaired) electrons. The van der Waals surface area contributed by atoms with Gasteiger partial charge in [0.1, 0.15) is 0 Å². The standard InChI is InChI=1S/C14H16BrF2NO/c15-7-8-18(11-3-1-2-4-11)14(19)10-5-6-12(16)13(17)9-10/h5-6,9,11H,1-4,7-8H2. The van der Waals surface area contributed by atoms with Gasteiger partial charge in [0, 0.05) is 23.5 Å². The maximum Gasteiger partial charge on any atom is 0.254 e. The van der Waals surface area contributed by atoms with Crippen LogP contribution in [0.3, 0.4) is 0 Å². The van der Waals surface area contributed by atoms with Gasteiger partial charge in [0.05, 0.1) is 0 Å². The van der Waals surface area contributed by atoms with Gasteiger partial charge in [-0.2, -0.15) is 0 Å². The van der Waals surface area contributed by atoms with Crippen LogP contribution in [0.2, 0.25) is 0 Å². The van der Waals surface area contributed by atoms with E-state index in [1.165, 1.54) is 6.07 Å². The van der Waals surface area contributed by atoms with Crippen molar-refractivity contribution in [3.8, 4) is 0 Å². The number of amides is 1. The molecule has 0 bridgehead atoms. The smallest absolute Gasteiger partial charge is 0.254 e. The van der Waals surface area contributed by atoms with E-state index in [2.05, 4.69) is 15.9 Å². The molecule has 0 aliphatic heterocycles. The second kappa shape index (κ2) is 6.46. The van der Waals surface area contributed by atoms with Crippen molar-refractivity contribution in [3.63, 3.8) is 0 Å². The summed E-state index contributed by atoms with van der Waals surface area (Å²) in [6, 6.07) is 3.55. The number of benzene rings is 1. The minimum atomic E-state index is -0.976. The molecule has 0 spiro atoms. The van der Waals surface area contributed by atoms with Gasteiger partial charge in [-0.05, 0) is 31.0 Å². The Bertz CT molecular complexity index is 461. The molecular weight excluding hydrogens is 316 g/mol. The SMILES string of the molecule is O=C(c1ccc(F)c(F)c1)N(CCBr)C1CCCC1. The molecule has 1 aliphatic rings. The quantitative estimate of drug-likeness (QED) is 0.769. The number of carbonyl (C=O) groups is 1. The second-order valence-electron chi connectivity index (χ2n) is 4.75. The summed E-state index contributed by atoms with van der Waals surface area (Å²) in [5.41, 5.74) is 0.215. The van der Waals surface area contributed by atoms with Crippen LogP contribution in [0.4, 0.5) is 8.78 Å². The van der Waals surface area contributed by atoms with Gasteiger partial charge < -0.3 is 4.90 Å². The Morgan fingerprint density at radius 1 is 1.26 bits per heavy atom. The van der Waals surface area contributed by atoms with Crippen LogP contribution in [-0.2, 0) is 0 Å². The molecular formula is C14H16BrF2NO. The Balaban J connectivity index is 2.20. The fourth-order valence-corrected chi connectivity index (χ4v) is 2.93. The molecule has 0 N–H and O–H groups in total. The molecule has 0 unspecified atom stereocenters. The zero-order chi connectivity index (χ0) is 13.8. The highest BCUT2D eigenvalue weighted by Gasteiger charge is 2.27. The summed E-state index contributed by atoms with van der Waals surface area (Å²) in [5, 5.41) is 0.679. The van der Waals surface area contributed by atoms with E-state index in [0.29, 0.717) is 11.9 Å². The van der Waals surface area contributed by atoms with Crippen molar-refractivity contribution >= 4 is 21.8 Å². The molecule has 0 aromatic heterocycles. The van der Waals surface area contributed by atoms with Crippen LogP contribution in [0.1, 0.15) is 36.0 Å². The molecule has 1 aliphatic carbocycles. The molecule has 0 saturated heterocycles. The first-order chi connectivity index (χ1) is 9.13. The monoisotopic (exact) mass is 331 g/mol. The average molecular weight is 332 g/mol. The summed E-state index contributed by atoms with van der Waals surface area (Å²) in [6.45, 7) is 0.586. The highest BCUT2D eigenvalue weighted by molar-refractivity contribution is 9.09. The molecule has 1 aromatic rings. The maximum atomic E-state index is 13.2. The Labute approximate surface area is 119 Å². The molecule has 0 heterocycles. The first-order valence-electron chi connectivity index (χ1n) is 6.45. The fourth-order valence-electron chi connectivity index (χ4n) is 2.55. The molecule has 1 saturated carbocycles. The van der Waals surface area contributed by atoms with Crippen LogP contribution < -0.4 is 0 Å². The van der Waals surface area contributed by atoms with Crippen molar-refractivity contribution in [2.75, 3.05) is 11.9 Å². The summed E-state index contributed by atoms with van der Waals surface area (Å²) in [7, 11) is 0. The van der Waals surface area contributed by atoms with Crippen molar-refractivity contribution in [1.29, 1.82) is 0 Å². The van der Waals surface area contributed by atoms with E-state index in [9.17, 15) is 13.6 Å². The van der Waals surface area contributed by atoms with Crippen molar-refractivity contribution in [1.82, 2.24) is 4.90 Å². The second-order valence-corrected chi connectivity index (χ2v) is 5.55. The Hall–Kier alpha value is -0.970. The number of nitrogens with zero attached hydrogens (tertiary/aromatic N) is 1. The lowest BCUT2D eigenvalue weighted by Gasteiger charge is -2.28. The largest absolute Gasteiger partial charge is 0.335 e. The highest BCUT2D eigenvalue weighted by atomic mass is 79.9. The third-order valence-corrected chi connectivity index (χ3v) is 3.87. The van der Waals surface area contributed by atoms with Crippen molar-refractivity contribution in [3.05, 3.63) is 35.4 Å². The maximum absolute atomic E-state index is 13.2. The third-order valence-electron chi connectivity index (χ3n) is 3.52. The number of carbonyl (C=O) groups excluding carboxylic acids is 1. The Morgan fingerprint density at radius 2 is 1.95 bits per heavy atom. The van der Waals surface area contributed by atoms with Crippen LogP contribution in [0.5, 0.6) is 0 Å². The molecule has 1 amide bonds. The zero-order valence-electron chi connectivity index (χ0n) is 10.5. The Kier molecular flexibility index (Phi) is 4.91. The van der Waals surface area contributed by atoms with E-state index in [1.807, 2.05) is 0 Å². The number of alkyl halides is 1. The van der Waals surface area contributed by atoms with Crippen molar-refractivity contribution in [2.45, 2.75) is 31.7 Å². The number of rotatable bonds is 4. The normalized spacial score (nSPS) is 15.7. The van der Waals surface area contributed by atoms with Gasteiger partial charge in [-0.3, -0.25) is 4.79 Å². The van der Waals surface area contributed by atoms with E-state index in [-0.39, 0.29) is 17.5 Å². The molecule has 0 atom stereocenters. The molecule has 1 fully saturated rings. The summed E-state index contributed by atoms with van der Waals surface area (Å²) in [4.78, 5) is 14.2. The van der Waals surface area contributed by atoms with Crippen molar-refractivity contribution < 1.29 is 13.6 Å². The zero-order valence-corrected chi connectivity index (χ0v) is 12.1. The average Bonchev–Trinajstić information content (AvgIpc) is 2.92. The minimum Gasteiger partial charge on any atom is -0.335 e. The van der Waals surface area contributed by atoms with E-state index >= 15 is 0 Å².